The van der Waals surface area contributed by atoms with Crippen LogP contribution in [0.25, 0.3) is 32.2 Å². The first kappa shape index (κ1) is 29.0. The Morgan fingerprint density at radius 3 is 2.60 bits per heavy atom. The van der Waals surface area contributed by atoms with E-state index in [1.807, 2.05) is 4.90 Å². The third-order valence-electron chi connectivity index (χ3n) is 9.72. The van der Waals surface area contributed by atoms with E-state index in [0.29, 0.717) is 26.1 Å². The van der Waals surface area contributed by atoms with E-state index in [9.17, 15) is 22.0 Å². The van der Waals surface area contributed by atoms with Crippen molar-refractivity contribution < 1.29 is 31.1 Å². The Morgan fingerprint density at radius 1 is 1.07 bits per heavy atom. The number of fused-ring (bicyclic) bond motifs is 5. The Balaban J connectivity index is 1.32. The molecule has 4 saturated heterocycles. The highest BCUT2D eigenvalue weighted by atomic mass is 32.1. The van der Waals surface area contributed by atoms with Crippen molar-refractivity contribution in [1.29, 1.82) is 0 Å². The molecule has 0 amide bonds. The van der Waals surface area contributed by atoms with Crippen LogP contribution in [0.4, 0.5) is 37.3 Å². The maximum Gasteiger partial charge on any atom is 0.417 e. The first-order valence-corrected chi connectivity index (χ1v) is 15.8. The maximum atomic E-state index is 16.8. The highest BCUT2D eigenvalue weighted by molar-refractivity contribution is 7.22. The average molecular weight is 650 g/mol. The fourth-order valence-electron chi connectivity index (χ4n) is 7.79. The van der Waals surface area contributed by atoms with Crippen molar-refractivity contribution in [2.24, 2.45) is 0 Å². The summed E-state index contributed by atoms with van der Waals surface area (Å²) in [6.45, 7) is 2.04. The van der Waals surface area contributed by atoms with Crippen molar-refractivity contribution in [1.82, 2.24) is 25.2 Å². The van der Waals surface area contributed by atoms with Crippen LogP contribution in [0.5, 0.6) is 6.01 Å². The minimum absolute atomic E-state index is 0.0664. The van der Waals surface area contributed by atoms with Gasteiger partial charge in [0, 0.05) is 54.7 Å². The normalized spacial score (nSPS) is 26.8. The van der Waals surface area contributed by atoms with Gasteiger partial charge in [-0.15, -0.1) is 0 Å². The number of thiazole rings is 1. The summed E-state index contributed by atoms with van der Waals surface area (Å²) in [7, 11) is 0. The summed E-state index contributed by atoms with van der Waals surface area (Å²) in [5.41, 5.74) is 2.39. The van der Waals surface area contributed by atoms with Gasteiger partial charge < -0.3 is 20.7 Å². The summed E-state index contributed by atoms with van der Waals surface area (Å²) < 4.78 is 96.1. The zero-order chi connectivity index (χ0) is 31.2. The molecule has 4 atom stereocenters. The molecule has 4 fully saturated rings. The lowest BCUT2D eigenvalue weighted by Crippen LogP contribution is -2.51. The van der Waals surface area contributed by atoms with Crippen molar-refractivity contribution >= 4 is 43.4 Å². The first-order chi connectivity index (χ1) is 21.5. The van der Waals surface area contributed by atoms with Gasteiger partial charge in [0.1, 0.15) is 29.9 Å². The van der Waals surface area contributed by atoms with E-state index in [2.05, 4.69) is 25.2 Å². The summed E-state index contributed by atoms with van der Waals surface area (Å²) in [6.07, 6.45) is -2.28. The lowest BCUT2D eigenvalue weighted by Gasteiger charge is -2.35. The largest absolute Gasteiger partial charge is 0.461 e. The Morgan fingerprint density at radius 2 is 1.84 bits per heavy atom. The van der Waals surface area contributed by atoms with E-state index >= 15 is 4.39 Å². The van der Waals surface area contributed by atoms with Gasteiger partial charge in [0.15, 0.2) is 10.9 Å². The van der Waals surface area contributed by atoms with E-state index in [4.69, 9.17) is 10.5 Å². The van der Waals surface area contributed by atoms with Gasteiger partial charge in [-0.3, -0.25) is 4.90 Å². The molecule has 6 heterocycles. The van der Waals surface area contributed by atoms with E-state index in [1.165, 1.54) is 0 Å². The predicted octanol–water partition coefficient (Wildman–Crippen LogP) is 5.68. The molecule has 4 unspecified atom stereocenters. The van der Waals surface area contributed by atoms with Crippen LogP contribution in [0.3, 0.4) is 0 Å². The summed E-state index contributed by atoms with van der Waals surface area (Å²) in [4.78, 5) is 16.9. The minimum Gasteiger partial charge on any atom is -0.461 e. The van der Waals surface area contributed by atoms with Gasteiger partial charge in [-0.25, -0.2) is 18.2 Å². The molecule has 2 aromatic heterocycles. The van der Waals surface area contributed by atoms with Gasteiger partial charge >= 0.3 is 12.2 Å². The number of alkyl halides is 4. The number of aromatic nitrogens is 3. The molecule has 0 aliphatic carbocycles. The number of hydrogen-bond acceptors (Lipinski definition) is 9. The lowest BCUT2D eigenvalue weighted by molar-refractivity contribution is -0.137. The predicted molar refractivity (Wildman–Crippen MR) is 158 cm³/mol. The molecule has 3 N–H and O–H groups in total. The van der Waals surface area contributed by atoms with Crippen molar-refractivity contribution in [3.8, 4) is 17.1 Å². The molecule has 4 aromatic rings. The molecule has 4 aliphatic heterocycles. The van der Waals surface area contributed by atoms with Crippen LogP contribution >= 0.6 is 11.3 Å². The number of halogens is 6. The molecule has 8 rings (SSSR count). The maximum absolute atomic E-state index is 16.8. The summed E-state index contributed by atoms with van der Waals surface area (Å²) in [6, 6.07) is 2.94. The second-order valence-corrected chi connectivity index (χ2v) is 13.6. The number of benzene rings is 2. The van der Waals surface area contributed by atoms with Gasteiger partial charge in [-0.05, 0) is 50.4 Å². The van der Waals surface area contributed by atoms with Gasteiger partial charge in [0.25, 0.3) is 0 Å². The Bertz CT molecular complexity index is 1820. The third-order valence-corrected chi connectivity index (χ3v) is 10.6. The van der Waals surface area contributed by atoms with Crippen LogP contribution in [0.1, 0.15) is 37.7 Å². The van der Waals surface area contributed by atoms with Crippen LogP contribution in [0.2, 0.25) is 0 Å². The fraction of sp³-hybridized carbons (Fsp3) is 0.500. The zero-order valence-corrected chi connectivity index (χ0v) is 24.7. The second kappa shape index (κ2) is 10.3. The number of ether oxygens (including phenoxy) is 1. The Labute approximate surface area is 257 Å². The highest BCUT2D eigenvalue weighted by Crippen LogP contribution is 2.47. The van der Waals surface area contributed by atoms with Crippen LogP contribution in [0, 0.1) is 11.6 Å². The summed E-state index contributed by atoms with van der Waals surface area (Å²) >= 11 is 0.765. The zero-order valence-electron chi connectivity index (χ0n) is 23.9. The number of nitrogens with zero attached hydrogens (tertiary/aromatic N) is 5. The van der Waals surface area contributed by atoms with Gasteiger partial charge in [0.2, 0.25) is 0 Å². The number of nitrogens with one attached hydrogen (secondary N) is 1. The molecule has 2 aromatic carbocycles. The molecule has 238 valence electrons. The van der Waals surface area contributed by atoms with E-state index in [0.717, 1.165) is 61.8 Å². The molecule has 2 bridgehead atoms. The van der Waals surface area contributed by atoms with E-state index in [-0.39, 0.29) is 62.3 Å². The van der Waals surface area contributed by atoms with Crippen LogP contribution in [-0.4, -0.2) is 76.4 Å². The third kappa shape index (κ3) is 4.76. The molecule has 4 aliphatic rings. The smallest absolute Gasteiger partial charge is 0.417 e. The Kier molecular flexibility index (Phi) is 6.63. The number of hydrogen-bond donors (Lipinski definition) is 2. The summed E-state index contributed by atoms with van der Waals surface area (Å²) in [5.74, 6) is -1.84. The van der Waals surface area contributed by atoms with E-state index < -0.39 is 40.6 Å². The summed E-state index contributed by atoms with van der Waals surface area (Å²) in [5, 5.41) is 3.31. The standard InChI is InChI=1S/C30H29F6N7OS/c31-14-9-29(6-1-7-43(29)10-14)13-44-28-40-23-18(26(41-28)42-11-15-2-3-16(12-42)38-15)8-19(30(34,35)36)21(22(23)33)17-4-5-20(32)25-24(17)39-27(37)45-25/h4-5,8,14-16,38H,1-3,6-7,9-13H2,(H2,37,39). The molecule has 8 nitrogen and oxygen atoms in total. The number of nitrogens with two attached hydrogens (primary N) is 1. The van der Waals surface area contributed by atoms with Crippen molar-refractivity contribution in [3.05, 3.63) is 35.4 Å². The SMILES string of the molecule is Nc1nc2c(-c3c(C(F)(F)F)cc4c(N5CC6CCC(C5)N6)nc(OCC56CCCN5CC(F)C6)nc4c3F)ccc(F)c2s1. The molecule has 0 radical (unpaired) electrons. The second-order valence-electron chi connectivity index (χ2n) is 12.6. The van der Waals surface area contributed by atoms with Crippen LogP contribution in [-0.2, 0) is 6.18 Å². The number of nitrogen functional groups attached to an aromatic ring is 1. The number of piperazine rings is 1. The molecule has 15 heteroatoms. The molecular weight excluding hydrogens is 620 g/mol. The van der Waals surface area contributed by atoms with Crippen LogP contribution in [0.15, 0.2) is 18.2 Å². The molecule has 0 spiro atoms. The quantitative estimate of drug-likeness (QED) is 0.267. The minimum atomic E-state index is -4.99. The first-order valence-electron chi connectivity index (χ1n) is 15.0. The van der Waals surface area contributed by atoms with Gasteiger partial charge in [-0.1, -0.05) is 11.3 Å². The van der Waals surface area contributed by atoms with Gasteiger partial charge in [0.05, 0.1) is 21.3 Å². The van der Waals surface area contributed by atoms with Gasteiger partial charge in [-0.2, -0.15) is 23.1 Å². The van der Waals surface area contributed by atoms with Crippen LogP contribution < -0.4 is 20.7 Å². The highest BCUT2D eigenvalue weighted by Gasteiger charge is 2.49. The number of rotatable bonds is 5. The molecule has 0 saturated carbocycles. The average Bonchev–Trinajstić information content (AvgIpc) is 3.73. The topological polar surface area (TPSA) is 92.4 Å². The molecular formula is C30H29F6N7OS. The Hall–Kier alpha value is -3.43. The lowest BCUT2D eigenvalue weighted by atomic mass is 9.95. The molecule has 45 heavy (non-hydrogen) atoms. The fourth-order valence-corrected chi connectivity index (χ4v) is 8.56. The van der Waals surface area contributed by atoms with E-state index in [1.54, 1.807) is 0 Å². The van der Waals surface area contributed by atoms with Crippen molar-refractivity contribution in [2.45, 2.75) is 62.1 Å². The van der Waals surface area contributed by atoms with Crippen molar-refractivity contribution in [3.63, 3.8) is 0 Å². The van der Waals surface area contributed by atoms with Crippen molar-refractivity contribution in [2.75, 3.05) is 43.4 Å². The monoisotopic (exact) mass is 649 g/mol. The number of anilines is 2.